The van der Waals surface area contributed by atoms with E-state index in [1.54, 1.807) is 124 Å². The summed E-state index contributed by atoms with van der Waals surface area (Å²) in [6, 6.07) is 37.5. The van der Waals surface area contributed by atoms with Crippen molar-refractivity contribution < 1.29 is 24.4 Å². The van der Waals surface area contributed by atoms with Crippen LogP contribution in [0.4, 0.5) is 51.7 Å². The third-order valence-corrected chi connectivity index (χ3v) is 12.3. The highest BCUT2D eigenvalue weighted by atomic mass is 128. The maximum atomic E-state index is 11.4. The Bertz CT molecular complexity index is 4120. The first kappa shape index (κ1) is 74.3. The quantitative estimate of drug-likeness (QED) is 0.00811. The normalized spacial score (nSPS) is 9.86. The molecule has 0 aliphatic carbocycles. The minimum atomic E-state index is -0.462. The third-order valence-electron chi connectivity index (χ3n) is 12.3. The number of hydrogen-bond acceptors (Lipinski definition) is 22. The van der Waals surface area contributed by atoms with Gasteiger partial charge in [0.25, 0.3) is 17.1 Å². The van der Waals surface area contributed by atoms with E-state index in [4.69, 9.17) is 22.6 Å². The zero-order valence-corrected chi connectivity index (χ0v) is 55.8. The molecule has 0 bridgehead atoms. The number of Topliss-reactive ketones (excluding diaryl/α,β-unsaturated/α-hetero) is 1. The number of benzene rings is 4. The Kier molecular flexibility index (Phi) is 31.2. The van der Waals surface area contributed by atoms with Crippen molar-refractivity contribution in [3.63, 3.8) is 0 Å². The van der Waals surface area contributed by atoms with Gasteiger partial charge in [-0.25, -0.2) is 19.9 Å². The molecule has 6 aromatic heterocycles. The van der Waals surface area contributed by atoms with Crippen LogP contribution in [0, 0.1) is 63.4 Å². The number of anilines is 6. The predicted octanol–water partition coefficient (Wildman–Crippen LogP) is 13.9. The van der Waals surface area contributed by atoms with Crippen LogP contribution in [0.2, 0.25) is 0 Å². The number of nitrogens with two attached hydrogens (primary N) is 3. The monoisotopic (exact) mass is 1480 g/mol. The molecule has 0 aliphatic heterocycles. The highest BCUT2D eigenvalue weighted by Crippen LogP contribution is 2.27. The molecule has 0 atom stereocenters. The lowest BCUT2D eigenvalue weighted by molar-refractivity contribution is -0.385. The first-order valence-corrected chi connectivity index (χ1v) is 33.8. The number of hydrogen-bond donors (Lipinski definition) is 6. The number of aryl methyl sites for hydroxylation is 4. The largest absolute Gasteiger partial charge is 0.399 e. The topological polar surface area (TPSA) is 396 Å². The maximum Gasteiger partial charge on any atom is 0.271 e. The molecule has 4 aromatic carbocycles. The molecule has 0 spiro atoms. The molecule has 26 nitrogen and oxygen atoms in total. The Morgan fingerprint density at radius 3 is 1.41 bits per heavy atom. The Hall–Kier alpha value is -11.2. The second-order valence-electron chi connectivity index (χ2n) is 19.6. The highest BCUT2D eigenvalue weighted by Gasteiger charge is 2.13. The summed E-state index contributed by atoms with van der Waals surface area (Å²) in [5.41, 5.74) is 28.3. The van der Waals surface area contributed by atoms with Crippen LogP contribution in [0.25, 0.3) is 22.5 Å². The number of rotatable bonds is 15. The molecule has 0 fully saturated rings. The number of nitrogens with zero attached hydrogens (tertiary/aromatic N) is 12. The van der Waals surface area contributed by atoms with Crippen molar-refractivity contribution >= 4 is 106 Å². The van der Waals surface area contributed by atoms with Gasteiger partial charge in [0.15, 0.2) is 11.6 Å². The number of nitrogens with one attached hydrogen (secondary N) is 3. The second-order valence-corrected chi connectivity index (χ2v) is 19.6. The van der Waals surface area contributed by atoms with Crippen LogP contribution in [-0.4, -0.2) is 91.0 Å². The number of nitro groups is 3. The first-order valence-electron chi connectivity index (χ1n) is 27.5. The molecule has 10 aromatic rings. The van der Waals surface area contributed by atoms with Crippen LogP contribution in [-0.2, 0) is 6.42 Å². The number of ketones is 2. The van der Waals surface area contributed by atoms with Crippen LogP contribution in [0.5, 0.6) is 0 Å². The fourth-order valence-electron chi connectivity index (χ4n) is 7.36. The van der Waals surface area contributed by atoms with E-state index < -0.39 is 14.8 Å². The number of carbonyl (C=O) groups excluding carboxylic acids is 2. The van der Waals surface area contributed by atoms with Gasteiger partial charge in [0.2, 0.25) is 11.9 Å². The minimum Gasteiger partial charge on any atom is -0.399 e. The number of aromatic nitrogens is 8. The third kappa shape index (κ3) is 26.5. The maximum absolute atomic E-state index is 11.4. The van der Waals surface area contributed by atoms with Gasteiger partial charge >= 0.3 is 0 Å². The van der Waals surface area contributed by atoms with Crippen molar-refractivity contribution in [3.8, 4) is 22.5 Å². The second kappa shape index (κ2) is 39.1. The molecule has 0 radical (unpaired) electrons. The molecular formula is C65H66I2N18O8. The van der Waals surface area contributed by atoms with Crippen molar-refractivity contribution in [2.45, 2.75) is 41.0 Å². The van der Waals surface area contributed by atoms with E-state index in [1.165, 1.54) is 49.4 Å². The summed E-state index contributed by atoms with van der Waals surface area (Å²) in [5, 5.41) is 44.9. The number of pyridine rings is 4. The standard InChI is InChI=1S/C16H13N5O2.C16H15N5.C10H12N2O.C9H11N3O2.C7H8N2O2.C7H7NO.I2/c1-11-4-5-13(21(22)23)9-15(11)20-16-18-8-6-14(19-16)12-3-2-7-17-10-12;1-11-4-5-13(17)9-15(11)21-16-19-8-6-14(20-16)12-3-2-7-18-10-12;1-12(2)7-5-10(13)9-4-3-6-11-8-9;1-6-2-3-8(12(13)14)4-7(6)5-9(10)11;1-5-2-3-6(9(10)11)4-7(5)8;1-6(9)7-3-2-4-8-5-7;1-2/h2-10H,1H3,(H,18,19,20);2-10H,17H2,1H3,(H,19,20,21);3-8H,1-2H3;2-4H,5H2,1H3,(H3,10,11);2-4H,8H2,1H3;2-5H,1H3;/b;;7-5+;;;;. The van der Waals surface area contributed by atoms with Crippen LogP contribution in [0.15, 0.2) is 208 Å². The molecule has 478 valence electrons. The Labute approximate surface area is 559 Å². The van der Waals surface area contributed by atoms with Gasteiger partial charge in [-0.2, -0.15) is 0 Å². The van der Waals surface area contributed by atoms with E-state index in [1.807, 2.05) is 88.3 Å². The Morgan fingerprint density at radius 1 is 0.559 bits per heavy atom. The van der Waals surface area contributed by atoms with Crippen LogP contribution in [0.1, 0.15) is 55.5 Å². The van der Waals surface area contributed by atoms with Crippen molar-refractivity contribution in [3.05, 3.63) is 277 Å². The van der Waals surface area contributed by atoms with Crippen molar-refractivity contribution in [1.29, 1.82) is 5.41 Å². The lowest BCUT2D eigenvalue weighted by Gasteiger charge is -2.09. The van der Waals surface area contributed by atoms with Gasteiger partial charge < -0.3 is 32.7 Å². The fraction of sp³-hybridized carbons (Fsp3) is 0.123. The summed E-state index contributed by atoms with van der Waals surface area (Å²) in [6.45, 7) is 9.03. The molecule has 0 unspecified atom stereocenters. The van der Waals surface area contributed by atoms with Gasteiger partial charge in [-0.15, -0.1) is 0 Å². The average Bonchev–Trinajstić information content (AvgIpc) is 1.66. The summed E-state index contributed by atoms with van der Waals surface area (Å²) in [4.78, 5) is 87.2. The van der Waals surface area contributed by atoms with E-state index in [0.29, 0.717) is 40.1 Å². The molecule has 0 aliphatic rings. The number of allylic oxidation sites excluding steroid dienone is 1. The number of nitrogen functional groups attached to an aromatic ring is 2. The van der Waals surface area contributed by atoms with Crippen molar-refractivity contribution in [2.24, 2.45) is 5.73 Å². The smallest absolute Gasteiger partial charge is 0.271 e. The fourth-order valence-corrected chi connectivity index (χ4v) is 7.36. The average molecular weight is 1480 g/mol. The number of carbonyl (C=O) groups is 2. The van der Waals surface area contributed by atoms with Gasteiger partial charge in [0.1, 0.15) is 0 Å². The molecule has 10 rings (SSSR count). The molecule has 6 heterocycles. The lowest BCUT2D eigenvalue weighted by Crippen LogP contribution is -2.13. The lowest BCUT2D eigenvalue weighted by atomic mass is 10.0. The van der Waals surface area contributed by atoms with E-state index in [0.717, 1.165) is 56.0 Å². The van der Waals surface area contributed by atoms with E-state index >= 15 is 0 Å². The number of non-ortho nitro benzene ring substituents is 3. The summed E-state index contributed by atoms with van der Waals surface area (Å²) in [7, 11) is 3.74. The SMILES string of the molecule is CC(=O)c1cccnc1.CN(C)/C=C/C(=O)c1cccnc1.Cc1ccc(N)cc1Nc1nccc(-c2cccnc2)n1.Cc1ccc([N+](=O)[O-])cc1CC(=N)N.Cc1ccc([N+](=O)[O-])cc1N.Cc1ccc([N+](=O)[O-])cc1Nc1nccc(-c2cccnc2)n1.II. The van der Waals surface area contributed by atoms with Gasteiger partial charge in [-0.05, 0) is 135 Å². The summed E-state index contributed by atoms with van der Waals surface area (Å²) >= 11 is 4.24. The van der Waals surface area contributed by atoms with Crippen molar-refractivity contribution in [1.82, 2.24) is 44.8 Å². The van der Waals surface area contributed by atoms with Gasteiger partial charge in [-0.1, -0.05) is 24.3 Å². The predicted molar refractivity (Wildman–Crippen MR) is 380 cm³/mol. The molecule has 9 N–H and O–H groups in total. The molecule has 0 amide bonds. The number of nitro benzene ring substituents is 3. The van der Waals surface area contributed by atoms with Gasteiger partial charge in [-0.3, -0.25) is 65.3 Å². The first-order chi connectivity index (χ1) is 44.5. The number of amidine groups is 1. The van der Waals surface area contributed by atoms with E-state index in [2.05, 4.69) is 87.7 Å². The molecule has 0 saturated heterocycles. The minimum absolute atomic E-state index is 0.00796. The molecule has 93 heavy (non-hydrogen) atoms. The van der Waals surface area contributed by atoms with Crippen LogP contribution in [0.3, 0.4) is 0 Å². The van der Waals surface area contributed by atoms with Crippen LogP contribution >= 0.6 is 37.2 Å². The summed E-state index contributed by atoms with van der Waals surface area (Å²) < 4.78 is 0. The van der Waals surface area contributed by atoms with Crippen molar-refractivity contribution in [2.75, 3.05) is 36.2 Å². The Morgan fingerprint density at radius 2 is 0.989 bits per heavy atom. The summed E-state index contributed by atoms with van der Waals surface area (Å²) in [5.74, 6) is 0.943. The molecule has 28 heteroatoms. The Balaban J connectivity index is 0.000000244. The zero-order valence-electron chi connectivity index (χ0n) is 51.5. The van der Waals surface area contributed by atoms with E-state index in [9.17, 15) is 39.9 Å². The number of halogens is 2. The highest BCUT2D eigenvalue weighted by molar-refractivity contribution is 15.0. The van der Waals surface area contributed by atoms with Crippen LogP contribution < -0.4 is 27.8 Å². The summed E-state index contributed by atoms with van der Waals surface area (Å²) in [6.07, 6.45) is 20.2. The zero-order chi connectivity index (χ0) is 68.4. The van der Waals surface area contributed by atoms with Gasteiger partial charge in [0.05, 0.1) is 37.7 Å². The van der Waals surface area contributed by atoms with E-state index in [-0.39, 0.29) is 40.9 Å². The molecule has 0 saturated carbocycles. The van der Waals surface area contributed by atoms with Gasteiger partial charge in [0, 0.05) is 208 Å². The molecular weight excluding hydrogens is 1410 g/mol.